The molecular formula is C19H17F3N2O4S. The van der Waals surface area contributed by atoms with Crippen molar-refractivity contribution in [3.8, 4) is 0 Å². The zero-order valence-electron chi connectivity index (χ0n) is 15.1. The Morgan fingerprint density at radius 2 is 1.76 bits per heavy atom. The van der Waals surface area contributed by atoms with Gasteiger partial charge in [-0.15, -0.1) is 11.3 Å². The lowest BCUT2D eigenvalue weighted by atomic mass is 9.95. The maximum absolute atomic E-state index is 12.6. The van der Waals surface area contributed by atoms with Crippen LogP contribution in [0.15, 0.2) is 24.3 Å². The summed E-state index contributed by atoms with van der Waals surface area (Å²) in [6.07, 6.45) is -1.08. The summed E-state index contributed by atoms with van der Waals surface area (Å²) in [6.45, 7) is -0.652. The summed E-state index contributed by atoms with van der Waals surface area (Å²) < 4.78 is 42.5. The Hall–Kier alpha value is -2.88. The average Bonchev–Trinajstić information content (AvgIpc) is 3.03. The van der Waals surface area contributed by atoms with E-state index in [1.165, 1.54) is 11.3 Å². The highest BCUT2D eigenvalue weighted by molar-refractivity contribution is 7.17. The zero-order chi connectivity index (χ0) is 21.2. The fourth-order valence-electron chi connectivity index (χ4n) is 3.09. The van der Waals surface area contributed by atoms with Gasteiger partial charge in [0, 0.05) is 4.88 Å². The molecule has 0 atom stereocenters. The number of hydrogen-bond donors (Lipinski definition) is 2. The third-order valence-electron chi connectivity index (χ3n) is 4.45. The summed E-state index contributed by atoms with van der Waals surface area (Å²) in [5.41, 5.74) is 5.58. The molecule has 0 unspecified atom stereocenters. The molecule has 2 aromatic rings. The van der Waals surface area contributed by atoms with Crippen LogP contribution < -0.4 is 11.1 Å². The quantitative estimate of drug-likeness (QED) is 0.715. The van der Waals surface area contributed by atoms with Crippen LogP contribution in [0.5, 0.6) is 0 Å². The van der Waals surface area contributed by atoms with E-state index in [1.807, 2.05) is 0 Å². The number of alkyl halides is 3. The van der Waals surface area contributed by atoms with Crippen LogP contribution >= 0.6 is 11.3 Å². The van der Waals surface area contributed by atoms with E-state index >= 15 is 0 Å². The molecule has 0 bridgehead atoms. The second kappa shape index (κ2) is 8.24. The summed E-state index contributed by atoms with van der Waals surface area (Å²) in [5, 5.41) is 2.86. The molecule has 0 saturated carbocycles. The number of amides is 2. The second-order valence-corrected chi connectivity index (χ2v) is 7.58. The number of fused-ring (bicyclic) bond motifs is 1. The van der Waals surface area contributed by atoms with Crippen LogP contribution in [-0.4, -0.2) is 24.4 Å². The molecule has 0 spiro atoms. The Kier molecular flexibility index (Phi) is 5.92. The van der Waals surface area contributed by atoms with Crippen molar-refractivity contribution in [2.45, 2.75) is 31.9 Å². The molecule has 2 amide bonds. The van der Waals surface area contributed by atoms with E-state index in [0.29, 0.717) is 11.4 Å². The van der Waals surface area contributed by atoms with Crippen LogP contribution in [0.2, 0.25) is 0 Å². The maximum Gasteiger partial charge on any atom is 0.416 e. The molecule has 1 heterocycles. The van der Waals surface area contributed by atoms with Crippen molar-refractivity contribution in [1.29, 1.82) is 0 Å². The number of aryl methyl sites for hydroxylation is 1. The van der Waals surface area contributed by atoms with Crippen molar-refractivity contribution < 1.29 is 32.3 Å². The van der Waals surface area contributed by atoms with Gasteiger partial charge in [-0.3, -0.25) is 9.59 Å². The van der Waals surface area contributed by atoms with Gasteiger partial charge in [0.1, 0.15) is 5.00 Å². The minimum Gasteiger partial charge on any atom is -0.452 e. The normalized spacial score (nSPS) is 13.5. The monoisotopic (exact) mass is 426 g/mol. The van der Waals surface area contributed by atoms with Crippen molar-refractivity contribution >= 4 is 34.1 Å². The molecule has 0 radical (unpaired) electrons. The zero-order valence-corrected chi connectivity index (χ0v) is 15.9. The van der Waals surface area contributed by atoms with Crippen LogP contribution in [0, 0.1) is 0 Å². The molecule has 29 heavy (non-hydrogen) atoms. The van der Waals surface area contributed by atoms with Crippen LogP contribution in [0.1, 0.15) is 49.6 Å². The van der Waals surface area contributed by atoms with E-state index in [2.05, 4.69) is 5.32 Å². The largest absolute Gasteiger partial charge is 0.452 e. The first-order valence-electron chi connectivity index (χ1n) is 8.75. The molecule has 1 aliphatic carbocycles. The first-order valence-corrected chi connectivity index (χ1v) is 9.57. The van der Waals surface area contributed by atoms with E-state index in [4.69, 9.17) is 10.5 Å². The molecule has 0 saturated heterocycles. The number of benzene rings is 1. The van der Waals surface area contributed by atoms with Crippen molar-refractivity contribution in [3.63, 3.8) is 0 Å². The van der Waals surface area contributed by atoms with Gasteiger partial charge in [0.15, 0.2) is 6.61 Å². The highest BCUT2D eigenvalue weighted by Gasteiger charge is 2.30. The topological polar surface area (TPSA) is 98.5 Å². The minimum atomic E-state index is -4.51. The molecule has 6 nitrogen and oxygen atoms in total. The van der Waals surface area contributed by atoms with Gasteiger partial charge >= 0.3 is 12.1 Å². The second-order valence-electron chi connectivity index (χ2n) is 6.48. The van der Waals surface area contributed by atoms with Crippen LogP contribution in [0.25, 0.3) is 0 Å². The number of carbonyl (C=O) groups excluding carboxylic acids is 3. The molecule has 3 N–H and O–H groups in total. The van der Waals surface area contributed by atoms with Crippen molar-refractivity contribution in [3.05, 3.63) is 51.4 Å². The number of carbonyl (C=O) groups is 3. The van der Waals surface area contributed by atoms with Crippen LogP contribution in [-0.2, 0) is 28.5 Å². The SMILES string of the molecule is NC(=O)c1c(NC(=O)COC(=O)c2ccc(C(F)(F)F)cc2)sc2c1CCCC2. The predicted molar refractivity (Wildman–Crippen MR) is 99.8 cm³/mol. The highest BCUT2D eigenvalue weighted by Crippen LogP contribution is 2.37. The number of ether oxygens (including phenoxy) is 1. The third kappa shape index (κ3) is 4.76. The fraction of sp³-hybridized carbons (Fsp3) is 0.316. The van der Waals surface area contributed by atoms with Gasteiger partial charge in [0.25, 0.3) is 11.8 Å². The summed E-state index contributed by atoms with van der Waals surface area (Å²) in [5.74, 6) is -2.25. The van der Waals surface area contributed by atoms with Crippen molar-refractivity contribution in [2.24, 2.45) is 5.73 Å². The summed E-state index contributed by atoms with van der Waals surface area (Å²) in [6, 6.07) is 3.46. The Morgan fingerprint density at radius 1 is 1.10 bits per heavy atom. The average molecular weight is 426 g/mol. The highest BCUT2D eigenvalue weighted by atomic mass is 32.1. The molecule has 3 rings (SSSR count). The predicted octanol–water partition coefficient (Wildman–Crippen LogP) is 3.54. The number of nitrogens with one attached hydrogen (secondary N) is 1. The standard InChI is InChI=1S/C19H17F3N2O4S/c20-19(21,22)11-7-5-10(6-8-11)18(27)28-9-14(25)24-17-15(16(23)26)12-3-1-2-4-13(12)29-17/h5-8H,1-4,9H2,(H2,23,26)(H,24,25). The summed E-state index contributed by atoms with van der Waals surface area (Å²) >= 11 is 1.27. The molecular weight excluding hydrogens is 409 g/mol. The number of thiophene rings is 1. The lowest BCUT2D eigenvalue weighted by Crippen LogP contribution is -2.23. The van der Waals surface area contributed by atoms with Crippen molar-refractivity contribution in [2.75, 3.05) is 11.9 Å². The van der Waals surface area contributed by atoms with Gasteiger partial charge in [-0.1, -0.05) is 0 Å². The lowest BCUT2D eigenvalue weighted by Gasteiger charge is -2.11. The molecule has 1 aromatic heterocycles. The maximum atomic E-state index is 12.6. The molecule has 10 heteroatoms. The van der Waals surface area contributed by atoms with Gasteiger partial charge < -0.3 is 15.8 Å². The Balaban J connectivity index is 1.62. The van der Waals surface area contributed by atoms with E-state index in [9.17, 15) is 27.6 Å². The first kappa shape index (κ1) is 20.8. The number of hydrogen-bond acceptors (Lipinski definition) is 5. The fourth-order valence-corrected chi connectivity index (χ4v) is 4.40. The number of anilines is 1. The number of rotatable bonds is 5. The summed E-state index contributed by atoms with van der Waals surface area (Å²) in [4.78, 5) is 36.9. The van der Waals surface area contributed by atoms with Crippen LogP contribution in [0.4, 0.5) is 18.2 Å². The molecule has 1 aromatic carbocycles. The van der Waals surface area contributed by atoms with Gasteiger partial charge in [0.2, 0.25) is 0 Å². The minimum absolute atomic E-state index is 0.116. The van der Waals surface area contributed by atoms with E-state index in [-0.39, 0.29) is 11.1 Å². The number of esters is 1. The van der Waals surface area contributed by atoms with Gasteiger partial charge in [0.05, 0.1) is 16.7 Å². The lowest BCUT2D eigenvalue weighted by molar-refractivity contribution is -0.137. The first-order chi connectivity index (χ1) is 13.7. The Labute approximate surface area is 167 Å². The van der Waals surface area contributed by atoms with Crippen LogP contribution in [0.3, 0.4) is 0 Å². The van der Waals surface area contributed by atoms with E-state index in [1.54, 1.807) is 0 Å². The van der Waals surface area contributed by atoms with Crippen molar-refractivity contribution in [1.82, 2.24) is 0 Å². The number of primary amides is 1. The number of halogens is 3. The number of nitrogens with two attached hydrogens (primary N) is 1. The molecule has 0 aliphatic heterocycles. The molecule has 1 aliphatic rings. The molecule has 154 valence electrons. The van der Waals surface area contributed by atoms with E-state index < -0.39 is 36.1 Å². The smallest absolute Gasteiger partial charge is 0.416 e. The molecule has 0 fully saturated rings. The Morgan fingerprint density at radius 3 is 2.38 bits per heavy atom. The summed E-state index contributed by atoms with van der Waals surface area (Å²) in [7, 11) is 0. The van der Waals surface area contributed by atoms with Gasteiger partial charge in [-0.25, -0.2) is 4.79 Å². The Bertz CT molecular complexity index is 952. The third-order valence-corrected chi connectivity index (χ3v) is 5.66. The van der Waals surface area contributed by atoms with E-state index in [0.717, 1.165) is 54.0 Å². The van der Waals surface area contributed by atoms with Gasteiger partial charge in [-0.2, -0.15) is 13.2 Å². The van der Waals surface area contributed by atoms with Gasteiger partial charge in [-0.05, 0) is 55.5 Å².